The minimum Gasteiger partial charge on any atom is -0.341 e. The molecule has 0 saturated carbocycles. The first-order valence-electron chi connectivity index (χ1n) is 4.51. The molecule has 0 aromatic carbocycles. The Bertz CT molecular complexity index is 308. The highest BCUT2D eigenvalue weighted by atomic mass is 79.9. The number of aryl methyl sites for hydroxylation is 1. The molecule has 1 aromatic rings. The van der Waals surface area contributed by atoms with Gasteiger partial charge < -0.3 is 4.90 Å². The Morgan fingerprint density at radius 3 is 2.69 bits per heavy atom. The largest absolute Gasteiger partial charge is 0.341 e. The van der Waals surface area contributed by atoms with Gasteiger partial charge in [-0.05, 0) is 35.7 Å². The summed E-state index contributed by atoms with van der Waals surface area (Å²) in [5.41, 5.74) is 1.01. The number of aromatic nitrogens is 2. The molecule has 13 heavy (non-hydrogen) atoms. The second-order valence-electron chi connectivity index (χ2n) is 3.30. The zero-order valence-electron chi connectivity index (χ0n) is 7.63. The molecule has 0 amide bonds. The van der Waals surface area contributed by atoms with Crippen LogP contribution in [0.4, 0.5) is 5.95 Å². The van der Waals surface area contributed by atoms with Crippen LogP contribution in [0.2, 0.25) is 0 Å². The predicted molar refractivity (Wildman–Crippen MR) is 55.9 cm³/mol. The SMILES string of the molecule is Cc1nc(N2CCCC2)ncc1Br. The zero-order valence-corrected chi connectivity index (χ0v) is 9.21. The van der Waals surface area contributed by atoms with E-state index < -0.39 is 0 Å². The van der Waals surface area contributed by atoms with E-state index >= 15 is 0 Å². The lowest BCUT2D eigenvalue weighted by molar-refractivity contribution is 0.885. The van der Waals surface area contributed by atoms with Gasteiger partial charge in [0.15, 0.2) is 0 Å². The summed E-state index contributed by atoms with van der Waals surface area (Å²) in [5.74, 6) is 0.873. The van der Waals surface area contributed by atoms with Gasteiger partial charge in [0.25, 0.3) is 0 Å². The van der Waals surface area contributed by atoms with Crippen molar-refractivity contribution in [2.24, 2.45) is 0 Å². The van der Waals surface area contributed by atoms with Crippen molar-refractivity contribution in [1.29, 1.82) is 0 Å². The van der Waals surface area contributed by atoms with Crippen LogP contribution in [0.25, 0.3) is 0 Å². The lowest BCUT2D eigenvalue weighted by Crippen LogP contribution is -2.20. The molecule has 1 aromatic heterocycles. The highest BCUT2D eigenvalue weighted by Crippen LogP contribution is 2.19. The fraction of sp³-hybridized carbons (Fsp3) is 0.556. The molecular weight excluding hydrogens is 230 g/mol. The lowest BCUT2D eigenvalue weighted by atomic mass is 10.4. The molecule has 0 spiro atoms. The number of halogens is 1. The molecule has 3 nitrogen and oxygen atoms in total. The summed E-state index contributed by atoms with van der Waals surface area (Å²) < 4.78 is 0.982. The van der Waals surface area contributed by atoms with E-state index in [4.69, 9.17) is 0 Å². The van der Waals surface area contributed by atoms with E-state index in [1.807, 2.05) is 13.1 Å². The summed E-state index contributed by atoms with van der Waals surface area (Å²) in [5, 5.41) is 0. The van der Waals surface area contributed by atoms with Crippen molar-refractivity contribution >= 4 is 21.9 Å². The Hall–Kier alpha value is -0.640. The molecule has 70 valence electrons. The van der Waals surface area contributed by atoms with Crippen LogP contribution < -0.4 is 4.90 Å². The van der Waals surface area contributed by atoms with Crippen LogP contribution in [0, 0.1) is 6.92 Å². The highest BCUT2D eigenvalue weighted by molar-refractivity contribution is 9.10. The zero-order chi connectivity index (χ0) is 9.26. The van der Waals surface area contributed by atoms with Crippen LogP contribution in [0.5, 0.6) is 0 Å². The van der Waals surface area contributed by atoms with E-state index in [0.29, 0.717) is 0 Å². The third kappa shape index (κ3) is 1.82. The number of anilines is 1. The molecule has 0 N–H and O–H groups in total. The number of hydrogen-bond acceptors (Lipinski definition) is 3. The van der Waals surface area contributed by atoms with Crippen molar-refractivity contribution in [3.05, 3.63) is 16.4 Å². The Labute approximate surface area is 86.3 Å². The summed E-state index contributed by atoms with van der Waals surface area (Å²) in [6, 6.07) is 0. The maximum atomic E-state index is 4.42. The van der Waals surface area contributed by atoms with Gasteiger partial charge in [-0.15, -0.1) is 0 Å². The molecule has 1 saturated heterocycles. The third-order valence-corrected chi connectivity index (χ3v) is 3.07. The van der Waals surface area contributed by atoms with Crippen molar-refractivity contribution in [2.75, 3.05) is 18.0 Å². The summed E-state index contributed by atoms with van der Waals surface area (Å²) in [7, 11) is 0. The van der Waals surface area contributed by atoms with Crippen molar-refractivity contribution in [1.82, 2.24) is 9.97 Å². The van der Waals surface area contributed by atoms with Crippen LogP contribution in [0.3, 0.4) is 0 Å². The van der Waals surface area contributed by atoms with Gasteiger partial charge in [-0.25, -0.2) is 9.97 Å². The lowest BCUT2D eigenvalue weighted by Gasteiger charge is -2.15. The van der Waals surface area contributed by atoms with Gasteiger partial charge in [0.1, 0.15) is 0 Å². The smallest absolute Gasteiger partial charge is 0.225 e. The minimum atomic E-state index is 0.873. The summed E-state index contributed by atoms with van der Waals surface area (Å²) in [4.78, 5) is 10.9. The predicted octanol–water partition coefficient (Wildman–Crippen LogP) is 2.15. The Balaban J connectivity index is 2.25. The molecule has 1 aliphatic rings. The van der Waals surface area contributed by atoms with Gasteiger partial charge in [0, 0.05) is 19.3 Å². The van der Waals surface area contributed by atoms with Crippen LogP contribution in [-0.4, -0.2) is 23.1 Å². The fourth-order valence-corrected chi connectivity index (χ4v) is 1.70. The Morgan fingerprint density at radius 2 is 2.08 bits per heavy atom. The molecule has 0 aliphatic carbocycles. The number of hydrogen-bond donors (Lipinski definition) is 0. The maximum absolute atomic E-state index is 4.42. The number of nitrogens with zero attached hydrogens (tertiary/aromatic N) is 3. The van der Waals surface area contributed by atoms with Gasteiger partial charge >= 0.3 is 0 Å². The molecular formula is C9H12BrN3. The minimum absolute atomic E-state index is 0.873. The summed E-state index contributed by atoms with van der Waals surface area (Å²) >= 11 is 3.39. The van der Waals surface area contributed by atoms with Crippen LogP contribution in [0.15, 0.2) is 10.7 Å². The van der Waals surface area contributed by atoms with E-state index in [1.165, 1.54) is 12.8 Å². The van der Waals surface area contributed by atoms with Crippen LogP contribution in [-0.2, 0) is 0 Å². The molecule has 0 atom stereocenters. The molecule has 0 radical (unpaired) electrons. The second-order valence-corrected chi connectivity index (χ2v) is 4.15. The van der Waals surface area contributed by atoms with Gasteiger partial charge in [0.05, 0.1) is 10.2 Å². The van der Waals surface area contributed by atoms with Gasteiger partial charge in [-0.3, -0.25) is 0 Å². The van der Waals surface area contributed by atoms with Gasteiger partial charge in [-0.2, -0.15) is 0 Å². The average Bonchev–Trinajstić information content (AvgIpc) is 2.62. The number of rotatable bonds is 1. The topological polar surface area (TPSA) is 29.0 Å². The summed E-state index contributed by atoms with van der Waals surface area (Å²) in [6.07, 6.45) is 4.35. The molecule has 2 heterocycles. The maximum Gasteiger partial charge on any atom is 0.225 e. The van der Waals surface area contributed by atoms with Crippen molar-refractivity contribution in [3.63, 3.8) is 0 Å². The second kappa shape index (κ2) is 3.62. The first-order valence-corrected chi connectivity index (χ1v) is 5.31. The van der Waals surface area contributed by atoms with Gasteiger partial charge in [-0.1, -0.05) is 0 Å². The molecule has 2 rings (SSSR count). The van der Waals surface area contributed by atoms with E-state index in [0.717, 1.165) is 29.2 Å². The average molecular weight is 242 g/mol. The monoisotopic (exact) mass is 241 g/mol. The van der Waals surface area contributed by atoms with Gasteiger partial charge in [0.2, 0.25) is 5.95 Å². The van der Waals surface area contributed by atoms with Crippen molar-refractivity contribution < 1.29 is 0 Å². The molecule has 1 fully saturated rings. The van der Waals surface area contributed by atoms with E-state index in [2.05, 4.69) is 30.8 Å². The van der Waals surface area contributed by atoms with Crippen molar-refractivity contribution in [2.45, 2.75) is 19.8 Å². The fourth-order valence-electron chi connectivity index (χ4n) is 1.51. The van der Waals surface area contributed by atoms with E-state index in [-0.39, 0.29) is 0 Å². The highest BCUT2D eigenvalue weighted by Gasteiger charge is 2.14. The molecule has 0 bridgehead atoms. The first kappa shape index (κ1) is 8.94. The molecule has 4 heteroatoms. The quantitative estimate of drug-likeness (QED) is 0.755. The Morgan fingerprint density at radius 1 is 1.38 bits per heavy atom. The van der Waals surface area contributed by atoms with E-state index in [1.54, 1.807) is 0 Å². The van der Waals surface area contributed by atoms with Crippen LogP contribution >= 0.6 is 15.9 Å². The standard InChI is InChI=1S/C9H12BrN3/c1-7-8(10)6-11-9(12-7)13-4-2-3-5-13/h6H,2-5H2,1H3. The Kier molecular flexibility index (Phi) is 2.49. The van der Waals surface area contributed by atoms with Crippen LogP contribution in [0.1, 0.15) is 18.5 Å². The normalized spacial score (nSPS) is 16.6. The third-order valence-electron chi connectivity index (χ3n) is 2.30. The van der Waals surface area contributed by atoms with Crippen molar-refractivity contribution in [3.8, 4) is 0 Å². The molecule has 1 aliphatic heterocycles. The first-order chi connectivity index (χ1) is 6.27. The summed E-state index contributed by atoms with van der Waals surface area (Å²) in [6.45, 7) is 4.19. The molecule has 0 unspecified atom stereocenters. The van der Waals surface area contributed by atoms with E-state index in [9.17, 15) is 0 Å².